The molecule has 0 saturated carbocycles. The lowest BCUT2D eigenvalue weighted by Gasteiger charge is -2.38. The van der Waals surface area contributed by atoms with Crippen LogP contribution in [0.15, 0.2) is 0 Å². The fourth-order valence-electron chi connectivity index (χ4n) is 2.16. The number of methoxy groups -OCH3 is 1. The Labute approximate surface area is 103 Å². The molecule has 2 aliphatic heterocycles. The summed E-state index contributed by atoms with van der Waals surface area (Å²) in [6, 6.07) is 0. The highest BCUT2D eigenvalue weighted by molar-refractivity contribution is 5.75. The number of hydrogen-bond acceptors (Lipinski definition) is 7. The van der Waals surface area contributed by atoms with Crippen LogP contribution in [0.3, 0.4) is 0 Å². The Bertz CT molecular complexity index is 334. The largest absolute Gasteiger partial charge is 0.477 e. The van der Waals surface area contributed by atoms with E-state index < -0.39 is 49.1 Å². The Morgan fingerprint density at radius 2 is 2.00 bits per heavy atom. The molecule has 0 spiro atoms. The van der Waals surface area contributed by atoms with Gasteiger partial charge in [0, 0.05) is 14.0 Å². The summed E-state index contributed by atoms with van der Waals surface area (Å²) in [7, 11) is 1.33. The van der Waals surface area contributed by atoms with Crippen molar-refractivity contribution in [3.05, 3.63) is 0 Å². The molecular weight excluding hydrogens is 248 g/mol. The van der Waals surface area contributed by atoms with Crippen LogP contribution in [0.2, 0.25) is 0 Å². The molecule has 6 atom stereocenters. The quantitative estimate of drug-likeness (QED) is 0.552. The van der Waals surface area contributed by atoms with E-state index >= 15 is 0 Å². The van der Waals surface area contributed by atoms with Crippen LogP contribution >= 0.6 is 0 Å². The van der Waals surface area contributed by atoms with E-state index in [4.69, 9.17) is 24.1 Å². The van der Waals surface area contributed by atoms with E-state index in [1.807, 2.05) is 0 Å². The predicted octanol–water partition coefficient (Wildman–Crippen LogP) is -1.70. The number of carboxylic acids is 1. The number of aliphatic hydroxyl groups excluding tert-OH is 2. The molecule has 18 heavy (non-hydrogen) atoms. The molecule has 0 amide bonds. The van der Waals surface area contributed by atoms with E-state index in [1.165, 1.54) is 14.0 Å². The molecule has 0 aliphatic carbocycles. The van der Waals surface area contributed by atoms with Crippen molar-refractivity contribution in [1.82, 2.24) is 0 Å². The second-order valence-corrected chi connectivity index (χ2v) is 4.37. The molecule has 104 valence electrons. The van der Waals surface area contributed by atoms with Crippen LogP contribution < -0.4 is 0 Å². The molecule has 0 bridgehead atoms. The van der Waals surface area contributed by atoms with E-state index in [0.29, 0.717) is 0 Å². The highest BCUT2D eigenvalue weighted by Crippen LogP contribution is 2.37. The van der Waals surface area contributed by atoms with Gasteiger partial charge in [-0.15, -0.1) is 0 Å². The average Bonchev–Trinajstić information content (AvgIpc) is 2.70. The lowest BCUT2D eigenvalue weighted by Crippen LogP contribution is -2.57. The summed E-state index contributed by atoms with van der Waals surface area (Å²) in [5.41, 5.74) is 0. The maximum Gasteiger partial charge on any atom is 0.364 e. The number of fused-ring (bicyclic) bond motifs is 1. The summed E-state index contributed by atoms with van der Waals surface area (Å²) in [4.78, 5) is 11.1. The minimum Gasteiger partial charge on any atom is -0.477 e. The first-order valence-corrected chi connectivity index (χ1v) is 5.49. The number of carbonyl (C=O) groups is 1. The molecule has 0 aromatic carbocycles. The zero-order valence-corrected chi connectivity index (χ0v) is 9.98. The van der Waals surface area contributed by atoms with Crippen LogP contribution in [0.4, 0.5) is 0 Å². The molecular formula is C10H16O8. The molecule has 1 unspecified atom stereocenters. The van der Waals surface area contributed by atoms with E-state index in [0.717, 1.165) is 0 Å². The molecule has 0 radical (unpaired) electrons. The smallest absolute Gasteiger partial charge is 0.364 e. The van der Waals surface area contributed by atoms with Crippen molar-refractivity contribution in [1.29, 1.82) is 0 Å². The number of aliphatic carboxylic acids is 1. The number of ether oxygens (including phenoxy) is 4. The second-order valence-electron chi connectivity index (χ2n) is 4.37. The van der Waals surface area contributed by atoms with Crippen molar-refractivity contribution in [2.75, 3.05) is 13.7 Å². The maximum atomic E-state index is 11.1. The van der Waals surface area contributed by atoms with E-state index in [9.17, 15) is 15.0 Å². The van der Waals surface area contributed by atoms with Gasteiger partial charge in [-0.25, -0.2) is 4.79 Å². The molecule has 8 nitrogen and oxygen atoms in total. The van der Waals surface area contributed by atoms with E-state index in [-0.39, 0.29) is 0 Å². The van der Waals surface area contributed by atoms with Crippen molar-refractivity contribution in [3.8, 4) is 0 Å². The monoisotopic (exact) mass is 264 g/mol. The van der Waals surface area contributed by atoms with Crippen LogP contribution in [-0.4, -0.2) is 71.5 Å². The summed E-state index contributed by atoms with van der Waals surface area (Å²) < 4.78 is 20.7. The van der Waals surface area contributed by atoms with Gasteiger partial charge in [0.15, 0.2) is 6.29 Å². The van der Waals surface area contributed by atoms with Crippen LogP contribution in [0.5, 0.6) is 0 Å². The molecule has 0 aromatic heterocycles. The van der Waals surface area contributed by atoms with Gasteiger partial charge in [0.2, 0.25) is 0 Å². The Morgan fingerprint density at radius 1 is 1.39 bits per heavy atom. The van der Waals surface area contributed by atoms with Crippen molar-refractivity contribution in [2.24, 2.45) is 0 Å². The van der Waals surface area contributed by atoms with Gasteiger partial charge in [0.25, 0.3) is 5.79 Å². The predicted molar refractivity (Wildman–Crippen MR) is 54.5 cm³/mol. The van der Waals surface area contributed by atoms with Crippen LogP contribution in [-0.2, 0) is 23.7 Å². The molecule has 2 saturated heterocycles. The van der Waals surface area contributed by atoms with E-state index in [2.05, 4.69) is 0 Å². The summed E-state index contributed by atoms with van der Waals surface area (Å²) in [5.74, 6) is -3.18. The van der Waals surface area contributed by atoms with Gasteiger partial charge < -0.3 is 34.3 Å². The molecule has 0 aromatic rings. The first-order chi connectivity index (χ1) is 8.42. The SMILES string of the molecule is CO[C@@H]1O[C@H](CO)[C@@H]2OC(C)(C(=O)O)O[C@@H]2[C@H]1O. The van der Waals surface area contributed by atoms with Crippen LogP contribution in [0.1, 0.15) is 6.92 Å². The first kappa shape index (κ1) is 13.7. The van der Waals surface area contributed by atoms with Gasteiger partial charge in [0.05, 0.1) is 6.61 Å². The molecule has 2 aliphatic rings. The summed E-state index contributed by atoms with van der Waals surface area (Å²) in [6.45, 7) is 0.837. The molecule has 3 N–H and O–H groups in total. The highest BCUT2D eigenvalue weighted by Gasteiger charge is 2.59. The van der Waals surface area contributed by atoms with Gasteiger partial charge in [-0.05, 0) is 0 Å². The second kappa shape index (κ2) is 4.72. The van der Waals surface area contributed by atoms with Gasteiger partial charge in [-0.1, -0.05) is 0 Å². The Balaban J connectivity index is 2.23. The summed E-state index contributed by atoms with van der Waals surface area (Å²) >= 11 is 0. The standard InChI is InChI=1S/C10H16O8/c1-10(9(13)14)17-6-4(3-11)16-8(15-2)5(12)7(6)18-10/h4-8,11-12H,3H2,1-2H3,(H,13,14)/t4-,5-,6+,7-,8-,10?/m1/s1. The lowest BCUT2D eigenvalue weighted by atomic mass is 9.99. The number of carboxylic acid groups (broad SMARTS) is 1. The maximum absolute atomic E-state index is 11.1. The normalized spacial score (nSPS) is 47.9. The molecule has 2 heterocycles. The van der Waals surface area contributed by atoms with Crippen molar-refractivity contribution >= 4 is 5.97 Å². The summed E-state index contributed by atoms with van der Waals surface area (Å²) in [6.07, 6.45) is -4.80. The van der Waals surface area contributed by atoms with Gasteiger partial charge >= 0.3 is 5.97 Å². The fraction of sp³-hybridized carbons (Fsp3) is 0.900. The van der Waals surface area contributed by atoms with Gasteiger partial charge in [-0.3, -0.25) is 0 Å². The number of hydrogen-bond donors (Lipinski definition) is 3. The fourth-order valence-corrected chi connectivity index (χ4v) is 2.16. The minimum absolute atomic E-state index is 0.396. The van der Waals surface area contributed by atoms with Crippen LogP contribution in [0.25, 0.3) is 0 Å². The zero-order valence-electron chi connectivity index (χ0n) is 9.98. The van der Waals surface area contributed by atoms with Crippen molar-refractivity contribution in [2.45, 2.75) is 43.4 Å². The lowest BCUT2D eigenvalue weighted by molar-refractivity contribution is -0.274. The summed E-state index contributed by atoms with van der Waals surface area (Å²) in [5, 5.41) is 28.2. The Morgan fingerprint density at radius 3 is 2.50 bits per heavy atom. The Kier molecular flexibility index (Phi) is 3.58. The Hall–Kier alpha value is -0.770. The number of aliphatic hydroxyl groups is 2. The third-order valence-electron chi connectivity index (χ3n) is 3.14. The molecule has 2 rings (SSSR count). The van der Waals surface area contributed by atoms with Crippen molar-refractivity contribution in [3.63, 3.8) is 0 Å². The first-order valence-electron chi connectivity index (χ1n) is 5.49. The van der Waals surface area contributed by atoms with Gasteiger partial charge in [-0.2, -0.15) is 0 Å². The minimum atomic E-state index is -1.87. The highest BCUT2D eigenvalue weighted by atomic mass is 16.8. The third kappa shape index (κ3) is 2.00. The number of rotatable bonds is 3. The molecule has 2 fully saturated rings. The zero-order chi connectivity index (χ0) is 13.5. The third-order valence-corrected chi connectivity index (χ3v) is 3.14. The van der Waals surface area contributed by atoms with Crippen molar-refractivity contribution < 1.29 is 39.1 Å². The van der Waals surface area contributed by atoms with E-state index in [1.54, 1.807) is 0 Å². The van der Waals surface area contributed by atoms with Crippen LogP contribution in [0, 0.1) is 0 Å². The van der Waals surface area contributed by atoms with Gasteiger partial charge in [0.1, 0.15) is 24.4 Å². The average molecular weight is 264 g/mol. The molecule has 8 heteroatoms. The topological polar surface area (TPSA) is 115 Å².